The van der Waals surface area contributed by atoms with Gasteiger partial charge in [0, 0.05) is 6.42 Å². The van der Waals surface area contributed by atoms with Crippen LogP contribution in [0.15, 0.2) is 27.1 Å². The molecular weight excluding hydrogens is 256 g/mol. The van der Waals surface area contributed by atoms with Crippen molar-refractivity contribution in [3.8, 4) is 0 Å². The van der Waals surface area contributed by atoms with E-state index in [1.807, 2.05) is 25.2 Å². The molecule has 1 aromatic heterocycles. The standard InChI is InChI=1S/C11H13BrN2O/c1-13-7-3-6-10-14-9-5-2-4-8(12)11(9)15-10/h2,4-5,13H,3,6-7H2,1H3. The fraction of sp³-hybridized carbons (Fsp3) is 0.364. The van der Waals surface area contributed by atoms with E-state index in [0.717, 1.165) is 40.8 Å². The SMILES string of the molecule is CNCCCc1nc2cccc(Br)c2o1. The number of fused-ring (bicyclic) bond motifs is 1. The molecular formula is C11H13BrN2O. The molecule has 15 heavy (non-hydrogen) atoms. The van der Waals surface area contributed by atoms with E-state index in [4.69, 9.17) is 4.42 Å². The Balaban J connectivity index is 2.20. The monoisotopic (exact) mass is 268 g/mol. The molecule has 0 fully saturated rings. The number of aryl methyl sites for hydroxylation is 1. The fourth-order valence-electron chi connectivity index (χ4n) is 1.48. The van der Waals surface area contributed by atoms with Gasteiger partial charge in [-0.25, -0.2) is 4.98 Å². The first kappa shape index (κ1) is 10.6. The van der Waals surface area contributed by atoms with Crippen molar-refractivity contribution in [1.29, 1.82) is 0 Å². The molecule has 4 heteroatoms. The number of para-hydroxylation sites is 1. The second-order valence-corrected chi connectivity index (χ2v) is 4.26. The molecule has 80 valence electrons. The number of aromatic nitrogens is 1. The number of benzene rings is 1. The van der Waals surface area contributed by atoms with Crippen molar-refractivity contribution >= 4 is 27.0 Å². The van der Waals surface area contributed by atoms with Crippen LogP contribution in [0.2, 0.25) is 0 Å². The highest BCUT2D eigenvalue weighted by atomic mass is 79.9. The summed E-state index contributed by atoms with van der Waals surface area (Å²) in [6, 6.07) is 5.89. The van der Waals surface area contributed by atoms with E-state index in [2.05, 4.69) is 26.2 Å². The molecule has 0 radical (unpaired) electrons. The number of rotatable bonds is 4. The molecule has 0 aliphatic rings. The maximum atomic E-state index is 5.66. The zero-order valence-electron chi connectivity index (χ0n) is 8.59. The van der Waals surface area contributed by atoms with E-state index in [1.54, 1.807) is 0 Å². The summed E-state index contributed by atoms with van der Waals surface area (Å²) in [6.45, 7) is 0.986. The Morgan fingerprint density at radius 1 is 1.47 bits per heavy atom. The number of oxazole rings is 1. The van der Waals surface area contributed by atoms with Gasteiger partial charge in [-0.05, 0) is 48.1 Å². The van der Waals surface area contributed by atoms with E-state index in [0.29, 0.717) is 0 Å². The number of hydrogen-bond donors (Lipinski definition) is 1. The van der Waals surface area contributed by atoms with Crippen LogP contribution in [0.4, 0.5) is 0 Å². The molecule has 0 bridgehead atoms. The first-order chi connectivity index (χ1) is 7.31. The van der Waals surface area contributed by atoms with E-state index in [9.17, 15) is 0 Å². The van der Waals surface area contributed by atoms with Crippen molar-refractivity contribution in [3.63, 3.8) is 0 Å². The van der Waals surface area contributed by atoms with E-state index in [1.165, 1.54) is 0 Å². The molecule has 1 aromatic carbocycles. The molecule has 2 aromatic rings. The summed E-state index contributed by atoms with van der Waals surface area (Å²) in [6.07, 6.45) is 1.92. The lowest BCUT2D eigenvalue weighted by Gasteiger charge is -1.94. The Morgan fingerprint density at radius 2 is 2.33 bits per heavy atom. The third-order valence-electron chi connectivity index (χ3n) is 2.23. The summed E-state index contributed by atoms with van der Waals surface area (Å²) in [7, 11) is 1.95. The lowest BCUT2D eigenvalue weighted by atomic mass is 10.3. The van der Waals surface area contributed by atoms with Gasteiger partial charge < -0.3 is 9.73 Å². The summed E-state index contributed by atoms with van der Waals surface area (Å²) in [5, 5.41) is 3.10. The van der Waals surface area contributed by atoms with E-state index < -0.39 is 0 Å². The maximum absolute atomic E-state index is 5.66. The number of halogens is 1. The van der Waals surface area contributed by atoms with Crippen LogP contribution in [0.1, 0.15) is 12.3 Å². The van der Waals surface area contributed by atoms with Gasteiger partial charge in [0.2, 0.25) is 0 Å². The lowest BCUT2D eigenvalue weighted by Crippen LogP contribution is -2.08. The highest BCUT2D eigenvalue weighted by Crippen LogP contribution is 2.24. The maximum Gasteiger partial charge on any atom is 0.195 e. The average molecular weight is 269 g/mol. The normalized spacial score (nSPS) is 11.1. The molecule has 2 rings (SSSR count). The van der Waals surface area contributed by atoms with E-state index >= 15 is 0 Å². The quantitative estimate of drug-likeness (QED) is 0.867. The summed E-state index contributed by atoms with van der Waals surface area (Å²) in [5.74, 6) is 0.812. The van der Waals surface area contributed by atoms with Gasteiger partial charge in [-0.3, -0.25) is 0 Å². The Bertz CT molecular complexity index is 453. The molecule has 3 nitrogen and oxygen atoms in total. The minimum absolute atomic E-state index is 0.812. The molecule has 0 spiro atoms. The number of hydrogen-bond acceptors (Lipinski definition) is 3. The Morgan fingerprint density at radius 3 is 3.07 bits per heavy atom. The smallest absolute Gasteiger partial charge is 0.195 e. The van der Waals surface area contributed by atoms with Gasteiger partial charge in [-0.2, -0.15) is 0 Å². The van der Waals surface area contributed by atoms with Crippen LogP contribution >= 0.6 is 15.9 Å². The third-order valence-corrected chi connectivity index (χ3v) is 2.85. The van der Waals surface area contributed by atoms with Crippen LogP contribution in [-0.2, 0) is 6.42 Å². The van der Waals surface area contributed by atoms with Crippen molar-refractivity contribution in [1.82, 2.24) is 10.3 Å². The molecule has 0 saturated heterocycles. The van der Waals surface area contributed by atoms with E-state index in [-0.39, 0.29) is 0 Å². The molecule has 0 amide bonds. The van der Waals surface area contributed by atoms with Crippen molar-refractivity contribution in [2.45, 2.75) is 12.8 Å². The zero-order chi connectivity index (χ0) is 10.7. The average Bonchev–Trinajstić information content (AvgIpc) is 2.63. The highest BCUT2D eigenvalue weighted by Gasteiger charge is 2.07. The number of nitrogens with one attached hydrogen (secondary N) is 1. The van der Waals surface area contributed by atoms with Crippen LogP contribution in [0.5, 0.6) is 0 Å². The van der Waals surface area contributed by atoms with Gasteiger partial charge in [0.25, 0.3) is 0 Å². The van der Waals surface area contributed by atoms with Crippen molar-refractivity contribution < 1.29 is 4.42 Å². The molecule has 0 atom stereocenters. The molecule has 0 unspecified atom stereocenters. The second kappa shape index (κ2) is 4.77. The Kier molecular flexibility index (Phi) is 3.38. The summed E-state index contributed by atoms with van der Waals surface area (Å²) in [4.78, 5) is 4.42. The third kappa shape index (κ3) is 2.38. The largest absolute Gasteiger partial charge is 0.440 e. The minimum atomic E-state index is 0.812. The lowest BCUT2D eigenvalue weighted by molar-refractivity contribution is 0.515. The Hall–Kier alpha value is -0.870. The van der Waals surface area contributed by atoms with Crippen molar-refractivity contribution in [2.24, 2.45) is 0 Å². The molecule has 0 aliphatic carbocycles. The van der Waals surface area contributed by atoms with Crippen molar-refractivity contribution in [2.75, 3.05) is 13.6 Å². The minimum Gasteiger partial charge on any atom is -0.440 e. The van der Waals surface area contributed by atoms with Gasteiger partial charge in [0.1, 0.15) is 5.52 Å². The first-order valence-corrected chi connectivity index (χ1v) is 5.79. The van der Waals surface area contributed by atoms with Gasteiger partial charge >= 0.3 is 0 Å². The topological polar surface area (TPSA) is 38.1 Å². The Labute approximate surface area is 97.0 Å². The number of nitrogens with zero attached hydrogens (tertiary/aromatic N) is 1. The summed E-state index contributed by atoms with van der Waals surface area (Å²) >= 11 is 3.45. The van der Waals surface area contributed by atoms with Gasteiger partial charge in [-0.1, -0.05) is 6.07 Å². The molecule has 1 N–H and O–H groups in total. The van der Waals surface area contributed by atoms with Gasteiger partial charge in [0.15, 0.2) is 11.5 Å². The first-order valence-electron chi connectivity index (χ1n) is 5.00. The van der Waals surface area contributed by atoms with Crippen LogP contribution in [-0.4, -0.2) is 18.6 Å². The molecule has 0 saturated carbocycles. The zero-order valence-corrected chi connectivity index (χ0v) is 10.2. The predicted molar refractivity (Wildman–Crippen MR) is 64.0 cm³/mol. The van der Waals surface area contributed by atoms with Crippen LogP contribution in [0.25, 0.3) is 11.1 Å². The molecule has 1 heterocycles. The van der Waals surface area contributed by atoms with Gasteiger partial charge in [-0.15, -0.1) is 0 Å². The van der Waals surface area contributed by atoms with Crippen molar-refractivity contribution in [3.05, 3.63) is 28.6 Å². The van der Waals surface area contributed by atoms with Crippen LogP contribution in [0, 0.1) is 0 Å². The predicted octanol–water partition coefficient (Wildman–Crippen LogP) is 2.74. The second-order valence-electron chi connectivity index (χ2n) is 3.40. The van der Waals surface area contributed by atoms with Crippen LogP contribution < -0.4 is 5.32 Å². The highest BCUT2D eigenvalue weighted by molar-refractivity contribution is 9.10. The molecule has 0 aliphatic heterocycles. The fourth-order valence-corrected chi connectivity index (χ4v) is 1.92. The summed E-state index contributed by atoms with van der Waals surface area (Å²) < 4.78 is 6.62. The van der Waals surface area contributed by atoms with Gasteiger partial charge in [0.05, 0.1) is 4.47 Å². The van der Waals surface area contributed by atoms with Crippen LogP contribution in [0.3, 0.4) is 0 Å². The summed E-state index contributed by atoms with van der Waals surface area (Å²) in [5.41, 5.74) is 1.76.